The number of hydrogen-bond donors (Lipinski definition) is 1. The van der Waals surface area contributed by atoms with Gasteiger partial charge < -0.3 is 5.32 Å². The molecule has 0 bridgehead atoms. The Morgan fingerprint density at radius 3 is 2.83 bits per heavy atom. The van der Waals surface area contributed by atoms with Crippen LogP contribution in [0.4, 0.5) is 0 Å². The minimum atomic E-state index is 0.678. The Morgan fingerprint density at radius 1 is 1.67 bits per heavy atom. The van der Waals surface area contributed by atoms with Crippen molar-refractivity contribution < 1.29 is 0 Å². The second-order valence-electron chi connectivity index (χ2n) is 3.44. The average Bonchev–Trinajstić information content (AvgIpc) is 2.01. The smallest absolute Gasteiger partial charge is 0.0573 e. The summed E-state index contributed by atoms with van der Waals surface area (Å²) in [4.78, 5) is 0. The second kappa shape index (κ2) is 6.94. The van der Waals surface area contributed by atoms with Crippen LogP contribution >= 0.6 is 0 Å². The molecule has 68 valence electrons. The van der Waals surface area contributed by atoms with Crippen molar-refractivity contribution in [3.8, 4) is 12.3 Å². The summed E-state index contributed by atoms with van der Waals surface area (Å²) in [5.41, 5.74) is 1.26. The molecule has 1 atom stereocenters. The molecule has 0 aliphatic carbocycles. The quantitative estimate of drug-likeness (QED) is 0.361. The lowest BCUT2D eigenvalue weighted by molar-refractivity contribution is 0.496. The summed E-state index contributed by atoms with van der Waals surface area (Å²) in [6.07, 6.45) is 7.44. The van der Waals surface area contributed by atoms with Crippen LogP contribution in [-0.2, 0) is 0 Å². The van der Waals surface area contributed by atoms with Crippen LogP contribution in [0.5, 0.6) is 0 Å². The molecule has 0 radical (unpaired) electrons. The molecule has 0 aliphatic rings. The van der Waals surface area contributed by atoms with Gasteiger partial charge in [0.1, 0.15) is 0 Å². The molecule has 0 saturated heterocycles. The Kier molecular flexibility index (Phi) is 6.51. The van der Waals surface area contributed by atoms with Crippen LogP contribution in [-0.4, -0.2) is 13.1 Å². The Hall–Kier alpha value is -0.740. The molecular weight excluding hydrogens is 146 g/mol. The highest BCUT2D eigenvalue weighted by molar-refractivity contribution is 4.89. The van der Waals surface area contributed by atoms with E-state index in [1.165, 1.54) is 12.0 Å². The van der Waals surface area contributed by atoms with Gasteiger partial charge in [-0.2, -0.15) is 0 Å². The first kappa shape index (κ1) is 11.3. The minimum Gasteiger partial charge on any atom is -0.306 e. The van der Waals surface area contributed by atoms with Gasteiger partial charge in [-0.15, -0.1) is 13.0 Å². The number of nitrogens with one attached hydrogen (secondary N) is 1. The molecule has 0 aromatic rings. The minimum absolute atomic E-state index is 0.678. The molecule has 0 heterocycles. The molecule has 1 nitrogen and oxygen atoms in total. The van der Waals surface area contributed by atoms with Crippen molar-refractivity contribution in [1.29, 1.82) is 0 Å². The third-order valence-corrected chi connectivity index (χ3v) is 1.78. The van der Waals surface area contributed by atoms with Crippen molar-refractivity contribution in [3.63, 3.8) is 0 Å². The lowest BCUT2D eigenvalue weighted by Gasteiger charge is -2.10. The van der Waals surface area contributed by atoms with Crippen LogP contribution in [0.25, 0.3) is 0 Å². The van der Waals surface area contributed by atoms with Gasteiger partial charge in [-0.1, -0.05) is 18.4 Å². The third-order valence-electron chi connectivity index (χ3n) is 1.78. The molecule has 0 aliphatic heterocycles. The van der Waals surface area contributed by atoms with E-state index in [2.05, 4.69) is 31.7 Å². The first-order valence-corrected chi connectivity index (χ1v) is 4.45. The Labute approximate surface area is 76.2 Å². The fourth-order valence-corrected chi connectivity index (χ4v) is 0.986. The van der Waals surface area contributed by atoms with Gasteiger partial charge in [-0.05, 0) is 32.2 Å². The molecule has 0 aromatic carbocycles. The molecule has 0 fully saturated rings. The van der Waals surface area contributed by atoms with Crippen LogP contribution < -0.4 is 5.32 Å². The maximum absolute atomic E-state index is 5.11. The zero-order valence-electron chi connectivity index (χ0n) is 8.19. The normalized spacial score (nSPS) is 12.1. The molecule has 0 aromatic heterocycles. The first-order valence-electron chi connectivity index (χ1n) is 4.45. The maximum atomic E-state index is 5.11. The summed E-state index contributed by atoms with van der Waals surface area (Å²) in [5, 5.41) is 3.19. The van der Waals surface area contributed by atoms with Crippen LogP contribution in [0.1, 0.15) is 26.7 Å². The van der Waals surface area contributed by atoms with Crippen molar-refractivity contribution in [2.75, 3.05) is 13.1 Å². The lowest BCUT2D eigenvalue weighted by atomic mass is 10.0. The Bertz CT molecular complexity index is 164. The van der Waals surface area contributed by atoms with E-state index in [9.17, 15) is 0 Å². The van der Waals surface area contributed by atoms with Gasteiger partial charge >= 0.3 is 0 Å². The maximum Gasteiger partial charge on any atom is 0.0573 e. The monoisotopic (exact) mass is 165 g/mol. The van der Waals surface area contributed by atoms with Crippen molar-refractivity contribution in [3.05, 3.63) is 12.2 Å². The van der Waals surface area contributed by atoms with E-state index < -0.39 is 0 Å². The van der Waals surface area contributed by atoms with Gasteiger partial charge in [0.05, 0.1) is 6.54 Å². The average molecular weight is 165 g/mol. The molecule has 0 saturated carbocycles. The summed E-state index contributed by atoms with van der Waals surface area (Å²) in [5.74, 6) is 3.25. The van der Waals surface area contributed by atoms with E-state index in [1.54, 1.807) is 0 Å². The van der Waals surface area contributed by atoms with Gasteiger partial charge in [0.15, 0.2) is 0 Å². The Morgan fingerprint density at radius 2 is 2.33 bits per heavy atom. The Balaban J connectivity index is 3.28. The zero-order chi connectivity index (χ0) is 9.40. The molecule has 1 heteroatoms. The van der Waals surface area contributed by atoms with Gasteiger partial charge in [-0.3, -0.25) is 0 Å². The molecule has 0 rings (SSSR count). The fourth-order valence-electron chi connectivity index (χ4n) is 0.986. The summed E-state index contributed by atoms with van der Waals surface area (Å²) < 4.78 is 0. The largest absolute Gasteiger partial charge is 0.306 e. The summed E-state index contributed by atoms with van der Waals surface area (Å²) >= 11 is 0. The SMILES string of the molecule is C#CCNCC(C)CCC(=C)C. The topological polar surface area (TPSA) is 12.0 Å². The molecule has 12 heavy (non-hydrogen) atoms. The lowest BCUT2D eigenvalue weighted by Crippen LogP contribution is -2.21. The molecule has 1 unspecified atom stereocenters. The van der Waals surface area contributed by atoms with E-state index in [4.69, 9.17) is 6.42 Å². The number of rotatable bonds is 6. The van der Waals surface area contributed by atoms with E-state index >= 15 is 0 Å². The zero-order valence-corrected chi connectivity index (χ0v) is 8.19. The van der Waals surface area contributed by atoms with Crippen LogP contribution in [0.15, 0.2) is 12.2 Å². The van der Waals surface area contributed by atoms with E-state index in [-0.39, 0.29) is 0 Å². The number of terminal acetylenes is 1. The van der Waals surface area contributed by atoms with Crippen molar-refractivity contribution in [2.45, 2.75) is 26.7 Å². The highest BCUT2D eigenvalue weighted by Crippen LogP contribution is 2.08. The highest BCUT2D eigenvalue weighted by atomic mass is 14.8. The number of hydrogen-bond acceptors (Lipinski definition) is 1. The summed E-state index contributed by atoms with van der Waals surface area (Å²) in [7, 11) is 0. The molecular formula is C11H19N. The molecule has 0 amide bonds. The van der Waals surface area contributed by atoms with E-state index in [0.29, 0.717) is 12.5 Å². The van der Waals surface area contributed by atoms with Gasteiger partial charge in [0.25, 0.3) is 0 Å². The standard InChI is InChI=1S/C11H19N/c1-5-8-12-9-11(4)7-6-10(2)3/h1,11-12H,2,6-9H2,3-4H3. The van der Waals surface area contributed by atoms with Gasteiger partial charge in [-0.25, -0.2) is 0 Å². The molecule has 1 N–H and O–H groups in total. The van der Waals surface area contributed by atoms with Crippen molar-refractivity contribution >= 4 is 0 Å². The fraction of sp³-hybridized carbons (Fsp3) is 0.636. The highest BCUT2D eigenvalue weighted by Gasteiger charge is 2.00. The van der Waals surface area contributed by atoms with E-state index in [0.717, 1.165) is 13.0 Å². The first-order chi connectivity index (χ1) is 5.66. The summed E-state index contributed by atoms with van der Waals surface area (Å²) in [6, 6.07) is 0. The second-order valence-corrected chi connectivity index (χ2v) is 3.44. The van der Waals surface area contributed by atoms with Crippen LogP contribution in [0, 0.1) is 18.3 Å². The van der Waals surface area contributed by atoms with Crippen LogP contribution in [0.2, 0.25) is 0 Å². The van der Waals surface area contributed by atoms with Crippen molar-refractivity contribution in [1.82, 2.24) is 5.32 Å². The van der Waals surface area contributed by atoms with Gasteiger partial charge in [0, 0.05) is 0 Å². The molecule has 0 spiro atoms. The van der Waals surface area contributed by atoms with E-state index in [1.807, 2.05) is 0 Å². The predicted molar refractivity (Wildman–Crippen MR) is 54.9 cm³/mol. The van der Waals surface area contributed by atoms with Crippen LogP contribution in [0.3, 0.4) is 0 Å². The predicted octanol–water partition coefficient (Wildman–Crippen LogP) is 2.20. The summed E-state index contributed by atoms with van der Waals surface area (Å²) in [6.45, 7) is 9.86. The number of allylic oxidation sites excluding steroid dienone is 1. The van der Waals surface area contributed by atoms with Crippen molar-refractivity contribution in [2.24, 2.45) is 5.92 Å². The third kappa shape index (κ3) is 7.37. The van der Waals surface area contributed by atoms with Gasteiger partial charge in [0.2, 0.25) is 0 Å².